The van der Waals surface area contributed by atoms with Gasteiger partial charge >= 0.3 is 5.97 Å². The highest BCUT2D eigenvalue weighted by Crippen LogP contribution is 2.33. The van der Waals surface area contributed by atoms with Crippen LogP contribution in [0.3, 0.4) is 0 Å². The van der Waals surface area contributed by atoms with Gasteiger partial charge in [-0.3, -0.25) is 0 Å². The van der Waals surface area contributed by atoms with Crippen molar-refractivity contribution >= 4 is 17.6 Å². The van der Waals surface area contributed by atoms with Gasteiger partial charge in [0.25, 0.3) is 0 Å². The van der Waals surface area contributed by atoms with Crippen LogP contribution in [0.15, 0.2) is 23.9 Å². The van der Waals surface area contributed by atoms with Gasteiger partial charge in [-0.1, -0.05) is 11.6 Å². The van der Waals surface area contributed by atoms with Crippen LogP contribution < -0.4 is 0 Å². The van der Waals surface area contributed by atoms with Crippen LogP contribution in [0.4, 0.5) is 4.39 Å². The minimum absolute atomic E-state index is 0.137. The number of pyridine rings is 1. The summed E-state index contributed by atoms with van der Waals surface area (Å²) < 4.78 is 18.6. The first-order chi connectivity index (χ1) is 9.13. The Kier molecular flexibility index (Phi) is 3.14. The maximum Gasteiger partial charge on any atom is 0.333 e. The molecule has 3 rings (SSSR count). The lowest BCUT2D eigenvalue weighted by molar-refractivity contribution is -0.135. The molecule has 0 atom stereocenters. The lowest BCUT2D eigenvalue weighted by Crippen LogP contribution is -2.26. The maximum atomic E-state index is 13.7. The molecule has 0 radical (unpaired) electrons. The lowest BCUT2D eigenvalue weighted by Gasteiger charge is -2.24. The number of hydrogen-bond acceptors (Lipinski definition) is 4. The van der Waals surface area contributed by atoms with E-state index in [1.54, 1.807) is 12.1 Å². The van der Waals surface area contributed by atoms with Gasteiger partial charge in [0.2, 0.25) is 5.95 Å². The van der Waals surface area contributed by atoms with E-state index in [2.05, 4.69) is 4.98 Å². The molecule has 0 bridgehead atoms. The third-order valence-corrected chi connectivity index (χ3v) is 3.45. The number of halogens is 2. The van der Waals surface area contributed by atoms with E-state index in [-0.39, 0.29) is 17.7 Å². The molecule has 2 aliphatic rings. The fourth-order valence-electron chi connectivity index (χ4n) is 2.12. The Balaban J connectivity index is 1.82. The van der Waals surface area contributed by atoms with E-state index in [9.17, 15) is 9.18 Å². The van der Waals surface area contributed by atoms with Gasteiger partial charge in [0.15, 0.2) is 0 Å². The van der Waals surface area contributed by atoms with E-state index in [0.717, 1.165) is 18.5 Å². The summed E-state index contributed by atoms with van der Waals surface area (Å²) in [4.78, 5) is 16.8. The number of nitrogens with zero attached hydrogens (tertiary/aromatic N) is 2. The van der Waals surface area contributed by atoms with E-state index in [1.807, 2.05) is 4.90 Å². The molecule has 1 aliphatic carbocycles. The second-order valence-corrected chi connectivity index (χ2v) is 5.07. The first-order valence-electron chi connectivity index (χ1n) is 6.08. The van der Waals surface area contributed by atoms with Crippen LogP contribution >= 0.6 is 11.6 Å². The van der Waals surface area contributed by atoms with Crippen molar-refractivity contribution in [3.8, 4) is 0 Å². The van der Waals surface area contributed by atoms with Crippen molar-refractivity contribution in [3.63, 3.8) is 0 Å². The summed E-state index contributed by atoms with van der Waals surface area (Å²) in [7, 11) is 0. The molecule has 1 aromatic heterocycles. The van der Waals surface area contributed by atoms with E-state index >= 15 is 0 Å². The standard InChI is InChI=1S/C13H12ClFN2O2/c14-11-4-1-8(13(15)16-11)6-17(9-2-3-9)10-5-12(18)19-7-10/h1,4-5,9H,2-3,6-7H2. The van der Waals surface area contributed by atoms with E-state index in [0.29, 0.717) is 18.2 Å². The number of aromatic nitrogens is 1. The van der Waals surface area contributed by atoms with Gasteiger partial charge in [0.05, 0.1) is 5.70 Å². The summed E-state index contributed by atoms with van der Waals surface area (Å²) >= 11 is 5.63. The molecule has 1 aromatic rings. The lowest BCUT2D eigenvalue weighted by atomic mass is 10.2. The molecule has 1 aliphatic heterocycles. The molecule has 1 saturated carbocycles. The van der Waals surface area contributed by atoms with E-state index < -0.39 is 5.95 Å². The molecule has 19 heavy (non-hydrogen) atoms. The molecule has 0 unspecified atom stereocenters. The van der Waals surface area contributed by atoms with E-state index in [4.69, 9.17) is 16.3 Å². The van der Waals surface area contributed by atoms with Crippen LogP contribution in [-0.4, -0.2) is 28.5 Å². The summed E-state index contributed by atoms with van der Waals surface area (Å²) in [5.74, 6) is -0.903. The SMILES string of the molecule is O=C1C=C(N(Cc2ccc(Cl)nc2F)C2CC2)CO1. The van der Waals surface area contributed by atoms with Crippen molar-refractivity contribution in [1.29, 1.82) is 0 Å². The van der Waals surface area contributed by atoms with Crippen LogP contribution in [0.2, 0.25) is 5.15 Å². The highest BCUT2D eigenvalue weighted by molar-refractivity contribution is 6.29. The van der Waals surface area contributed by atoms with Crippen molar-refractivity contribution in [1.82, 2.24) is 9.88 Å². The number of cyclic esters (lactones) is 1. The number of rotatable bonds is 4. The number of carbonyl (C=O) groups is 1. The predicted molar refractivity (Wildman–Crippen MR) is 66.8 cm³/mol. The van der Waals surface area contributed by atoms with Gasteiger partial charge in [-0.15, -0.1) is 0 Å². The Hall–Kier alpha value is -1.62. The number of esters is 1. The van der Waals surface area contributed by atoms with Crippen molar-refractivity contribution < 1.29 is 13.9 Å². The average molecular weight is 283 g/mol. The van der Waals surface area contributed by atoms with Gasteiger partial charge in [-0.25, -0.2) is 9.78 Å². The first kappa shape index (κ1) is 12.4. The minimum atomic E-state index is -0.566. The van der Waals surface area contributed by atoms with Crippen LogP contribution in [0.1, 0.15) is 18.4 Å². The molecule has 1 fully saturated rings. The third kappa shape index (κ3) is 2.71. The highest BCUT2D eigenvalue weighted by Gasteiger charge is 2.33. The van der Waals surface area contributed by atoms with Gasteiger partial charge < -0.3 is 9.64 Å². The quantitative estimate of drug-likeness (QED) is 0.628. The Morgan fingerprint density at radius 3 is 2.84 bits per heavy atom. The van der Waals surface area contributed by atoms with E-state index in [1.165, 1.54) is 6.08 Å². The topological polar surface area (TPSA) is 42.4 Å². The van der Waals surface area contributed by atoms with Crippen LogP contribution in [0, 0.1) is 5.95 Å². The van der Waals surface area contributed by atoms with Crippen LogP contribution in [0.25, 0.3) is 0 Å². The molecule has 2 heterocycles. The Morgan fingerprint density at radius 2 is 2.26 bits per heavy atom. The summed E-state index contributed by atoms with van der Waals surface area (Å²) in [6, 6.07) is 3.55. The van der Waals surface area contributed by atoms with Crippen molar-refractivity contribution in [2.75, 3.05) is 6.61 Å². The molecule has 6 heteroatoms. The third-order valence-electron chi connectivity index (χ3n) is 3.24. The molecule has 0 N–H and O–H groups in total. The number of hydrogen-bond donors (Lipinski definition) is 0. The smallest absolute Gasteiger partial charge is 0.333 e. The van der Waals surface area contributed by atoms with Gasteiger partial charge in [0, 0.05) is 24.2 Å². The molecule has 0 aromatic carbocycles. The Morgan fingerprint density at radius 1 is 1.47 bits per heavy atom. The highest BCUT2D eigenvalue weighted by atomic mass is 35.5. The minimum Gasteiger partial charge on any atom is -0.456 e. The van der Waals surface area contributed by atoms with Gasteiger partial charge in [0.1, 0.15) is 11.8 Å². The van der Waals surface area contributed by atoms with Crippen LogP contribution in [-0.2, 0) is 16.1 Å². The summed E-state index contributed by atoms with van der Waals surface area (Å²) in [5.41, 5.74) is 1.28. The molecule has 100 valence electrons. The molecule has 0 saturated heterocycles. The van der Waals surface area contributed by atoms with Gasteiger partial charge in [-0.05, 0) is 25.0 Å². The van der Waals surface area contributed by atoms with Crippen molar-refractivity contribution in [2.24, 2.45) is 0 Å². The fraction of sp³-hybridized carbons (Fsp3) is 0.385. The molecule has 0 spiro atoms. The summed E-state index contributed by atoms with van der Waals surface area (Å²) in [6.45, 7) is 0.640. The largest absolute Gasteiger partial charge is 0.456 e. The Labute approximate surface area is 114 Å². The number of ether oxygens (including phenoxy) is 1. The zero-order chi connectivity index (χ0) is 13.4. The number of carbonyl (C=O) groups excluding carboxylic acids is 1. The van der Waals surface area contributed by atoms with Gasteiger partial charge in [-0.2, -0.15) is 4.39 Å². The first-order valence-corrected chi connectivity index (χ1v) is 6.46. The van der Waals surface area contributed by atoms with Crippen LogP contribution in [0.5, 0.6) is 0 Å². The maximum absolute atomic E-state index is 13.7. The molecule has 0 amide bonds. The normalized spacial score (nSPS) is 18.2. The summed E-state index contributed by atoms with van der Waals surface area (Å²) in [5, 5.41) is 0.137. The second kappa shape index (κ2) is 4.81. The predicted octanol–water partition coefficient (Wildman–Crippen LogP) is 2.28. The molecular weight excluding hydrogens is 271 g/mol. The van der Waals surface area contributed by atoms with Crippen molar-refractivity contribution in [3.05, 3.63) is 40.6 Å². The average Bonchev–Trinajstić information content (AvgIpc) is 3.11. The molecule has 4 nitrogen and oxygen atoms in total. The zero-order valence-corrected chi connectivity index (χ0v) is 10.9. The Bertz CT molecular complexity index is 558. The summed E-state index contributed by atoms with van der Waals surface area (Å²) in [6.07, 6.45) is 3.57. The molecular formula is C13H12ClFN2O2. The fourth-order valence-corrected chi connectivity index (χ4v) is 2.26. The zero-order valence-electron chi connectivity index (χ0n) is 10.1. The monoisotopic (exact) mass is 282 g/mol. The van der Waals surface area contributed by atoms with Crippen molar-refractivity contribution in [2.45, 2.75) is 25.4 Å². The second-order valence-electron chi connectivity index (χ2n) is 4.69.